The molecule has 2 rings (SSSR count). The van der Waals surface area contributed by atoms with Crippen molar-refractivity contribution in [3.63, 3.8) is 0 Å². The van der Waals surface area contributed by atoms with Gasteiger partial charge < -0.3 is 10.4 Å². The highest BCUT2D eigenvalue weighted by atomic mass is 19.1. The molecule has 2 N–H and O–H groups in total. The Morgan fingerprint density at radius 2 is 1.68 bits per heavy atom. The Kier molecular flexibility index (Phi) is 4.31. The third-order valence-electron chi connectivity index (χ3n) is 3.02. The zero-order valence-corrected chi connectivity index (χ0v) is 11.6. The fourth-order valence-corrected chi connectivity index (χ4v) is 1.90. The molecule has 0 saturated heterocycles. The minimum atomic E-state index is -1.26. The summed E-state index contributed by atoms with van der Waals surface area (Å²) in [7, 11) is 0. The first-order chi connectivity index (χ1) is 10.4. The number of ketones is 1. The minimum absolute atomic E-state index is 0.0948. The number of halogens is 1. The van der Waals surface area contributed by atoms with Gasteiger partial charge in [-0.05, 0) is 37.3 Å². The van der Waals surface area contributed by atoms with Crippen LogP contribution in [0.3, 0.4) is 0 Å². The van der Waals surface area contributed by atoms with E-state index in [1.54, 1.807) is 0 Å². The first kappa shape index (κ1) is 15.4. The maximum absolute atomic E-state index is 13.7. The molecule has 0 unspecified atom stereocenters. The lowest BCUT2D eigenvalue weighted by molar-refractivity contribution is 0.0692. The van der Waals surface area contributed by atoms with Gasteiger partial charge in [-0.3, -0.25) is 9.59 Å². The predicted molar refractivity (Wildman–Crippen MR) is 77.8 cm³/mol. The second-order valence-electron chi connectivity index (χ2n) is 4.56. The number of amides is 1. The van der Waals surface area contributed by atoms with Gasteiger partial charge in [0.05, 0.1) is 16.8 Å². The molecule has 22 heavy (non-hydrogen) atoms. The van der Waals surface area contributed by atoms with Gasteiger partial charge in [0.25, 0.3) is 5.91 Å². The number of aromatic carboxylic acids is 1. The van der Waals surface area contributed by atoms with E-state index in [9.17, 15) is 18.8 Å². The molecule has 0 aromatic heterocycles. The molecule has 0 aliphatic rings. The number of Topliss-reactive ketones (excluding diaryl/α,β-unsaturated/α-hetero) is 1. The van der Waals surface area contributed by atoms with E-state index in [1.807, 2.05) is 0 Å². The number of carboxylic acid groups (broad SMARTS) is 1. The van der Waals surface area contributed by atoms with Crippen LogP contribution < -0.4 is 5.32 Å². The number of nitrogens with one attached hydrogen (secondary N) is 1. The quantitative estimate of drug-likeness (QED) is 0.850. The highest BCUT2D eigenvalue weighted by Crippen LogP contribution is 2.19. The molecule has 5 nitrogen and oxygen atoms in total. The van der Waals surface area contributed by atoms with Crippen LogP contribution in [0.4, 0.5) is 10.1 Å². The minimum Gasteiger partial charge on any atom is -0.478 e. The van der Waals surface area contributed by atoms with Crippen LogP contribution in [0, 0.1) is 5.82 Å². The third kappa shape index (κ3) is 3.17. The van der Waals surface area contributed by atoms with E-state index < -0.39 is 17.7 Å². The van der Waals surface area contributed by atoms with Crippen LogP contribution in [0.2, 0.25) is 0 Å². The monoisotopic (exact) mass is 301 g/mol. The number of carbonyl (C=O) groups excluding carboxylic acids is 2. The predicted octanol–water partition coefficient (Wildman–Crippen LogP) is 2.98. The summed E-state index contributed by atoms with van der Waals surface area (Å²) in [6, 6.07) is 9.17. The molecule has 0 bridgehead atoms. The molecular formula is C16H12FNO4. The van der Waals surface area contributed by atoms with Crippen molar-refractivity contribution in [1.29, 1.82) is 0 Å². The van der Waals surface area contributed by atoms with Gasteiger partial charge in [0.2, 0.25) is 0 Å². The average Bonchev–Trinajstić information content (AvgIpc) is 2.49. The molecule has 0 radical (unpaired) electrons. The Bertz CT molecular complexity index is 770. The smallest absolute Gasteiger partial charge is 0.336 e. The van der Waals surface area contributed by atoms with Crippen molar-refractivity contribution in [2.45, 2.75) is 6.92 Å². The van der Waals surface area contributed by atoms with Gasteiger partial charge >= 0.3 is 5.97 Å². The van der Waals surface area contributed by atoms with Gasteiger partial charge in [0.1, 0.15) is 5.82 Å². The standard InChI is InChI=1S/C16H12FNO4/c1-9(19)10-6-7-13(17)14(8-10)18-15(20)11-4-2-3-5-12(11)16(21)22/h2-8H,1H3,(H,18,20)(H,21,22). The Labute approximate surface area is 125 Å². The fraction of sp³-hybridized carbons (Fsp3) is 0.0625. The van der Waals surface area contributed by atoms with Gasteiger partial charge in [-0.1, -0.05) is 12.1 Å². The number of hydrogen-bond acceptors (Lipinski definition) is 3. The first-order valence-electron chi connectivity index (χ1n) is 6.34. The van der Waals surface area contributed by atoms with Crippen molar-refractivity contribution in [2.75, 3.05) is 5.32 Å². The van der Waals surface area contributed by atoms with Crippen LogP contribution in [0.25, 0.3) is 0 Å². The van der Waals surface area contributed by atoms with E-state index in [2.05, 4.69) is 5.32 Å². The molecule has 0 atom stereocenters. The Morgan fingerprint density at radius 3 is 2.27 bits per heavy atom. The number of anilines is 1. The number of hydrogen-bond donors (Lipinski definition) is 2. The molecule has 0 aliphatic heterocycles. The fourth-order valence-electron chi connectivity index (χ4n) is 1.90. The van der Waals surface area contributed by atoms with Gasteiger partial charge in [-0.25, -0.2) is 9.18 Å². The Morgan fingerprint density at radius 1 is 1.05 bits per heavy atom. The molecule has 0 heterocycles. The number of rotatable bonds is 4. The lowest BCUT2D eigenvalue weighted by Gasteiger charge is -2.09. The summed E-state index contributed by atoms with van der Waals surface area (Å²) in [5, 5.41) is 11.3. The van der Waals surface area contributed by atoms with E-state index >= 15 is 0 Å². The largest absolute Gasteiger partial charge is 0.478 e. The second kappa shape index (κ2) is 6.17. The highest BCUT2D eigenvalue weighted by Gasteiger charge is 2.17. The van der Waals surface area contributed by atoms with E-state index in [-0.39, 0.29) is 28.2 Å². The maximum Gasteiger partial charge on any atom is 0.336 e. The van der Waals surface area contributed by atoms with Crippen molar-refractivity contribution in [3.05, 3.63) is 65.0 Å². The lowest BCUT2D eigenvalue weighted by Crippen LogP contribution is -2.17. The molecule has 2 aromatic carbocycles. The topological polar surface area (TPSA) is 83.5 Å². The molecule has 112 valence electrons. The molecule has 0 fully saturated rings. The van der Waals surface area contributed by atoms with Crippen LogP contribution in [-0.4, -0.2) is 22.8 Å². The summed E-state index contributed by atoms with van der Waals surface area (Å²) in [4.78, 5) is 34.5. The van der Waals surface area contributed by atoms with Crippen LogP contribution in [-0.2, 0) is 0 Å². The Hall–Kier alpha value is -3.02. The lowest BCUT2D eigenvalue weighted by atomic mass is 10.1. The molecule has 6 heteroatoms. The van der Waals surface area contributed by atoms with Crippen LogP contribution in [0.5, 0.6) is 0 Å². The molecule has 0 aliphatic carbocycles. The molecule has 2 aromatic rings. The molecule has 0 saturated carbocycles. The summed E-state index contributed by atoms with van der Waals surface area (Å²) < 4.78 is 13.7. The zero-order chi connectivity index (χ0) is 16.3. The van der Waals surface area contributed by atoms with Gasteiger partial charge in [0.15, 0.2) is 5.78 Å². The normalized spacial score (nSPS) is 10.1. The summed E-state index contributed by atoms with van der Waals surface area (Å²) in [5.74, 6) is -3.02. The molecular weight excluding hydrogens is 289 g/mol. The zero-order valence-electron chi connectivity index (χ0n) is 11.6. The average molecular weight is 301 g/mol. The highest BCUT2D eigenvalue weighted by molar-refractivity contribution is 6.11. The number of carboxylic acids is 1. The van der Waals surface area contributed by atoms with Gasteiger partial charge in [-0.15, -0.1) is 0 Å². The summed E-state index contributed by atoms with van der Waals surface area (Å²) in [6.45, 7) is 1.32. The number of carbonyl (C=O) groups is 3. The second-order valence-corrected chi connectivity index (χ2v) is 4.56. The summed E-state index contributed by atoms with van der Waals surface area (Å²) >= 11 is 0. The van der Waals surface area contributed by atoms with Crippen molar-refractivity contribution in [1.82, 2.24) is 0 Å². The van der Waals surface area contributed by atoms with Gasteiger partial charge in [-0.2, -0.15) is 0 Å². The first-order valence-corrected chi connectivity index (χ1v) is 6.34. The van der Waals surface area contributed by atoms with Crippen LogP contribution in [0.1, 0.15) is 38.0 Å². The van der Waals surface area contributed by atoms with Crippen LogP contribution >= 0.6 is 0 Å². The summed E-state index contributed by atoms with van der Waals surface area (Å²) in [6.07, 6.45) is 0. The van der Waals surface area contributed by atoms with Crippen molar-refractivity contribution in [3.8, 4) is 0 Å². The van der Waals surface area contributed by atoms with E-state index in [0.29, 0.717) is 0 Å². The van der Waals surface area contributed by atoms with Crippen molar-refractivity contribution >= 4 is 23.3 Å². The maximum atomic E-state index is 13.7. The SMILES string of the molecule is CC(=O)c1ccc(F)c(NC(=O)c2ccccc2C(=O)O)c1. The van der Waals surface area contributed by atoms with Crippen molar-refractivity contribution < 1.29 is 23.9 Å². The molecule has 0 spiro atoms. The summed E-state index contributed by atoms with van der Waals surface area (Å²) in [5.41, 5.74) is -0.230. The molecule has 1 amide bonds. The van der Waals surface area contributed by atoms with E-state index in [1.165, 1.54) is 43.3 Å². The van der Waals surface area contributed by atoms with E-state index in [0.717, 1.165) is 6.07 Å². The Balaban J connectivity index is 2.36. The van der Waals surface area contributed by atoms with Crippen LogP contribution in [0.15, 0.2) is 42.5 Å². The van der Waals surface area contributed by atoms with Gasteiger partial charge in [0, 0.05) is 5.56 Å². The third-order valence-corrected chi connectivity index (χ3v) is 3.02. The van der Waals surface area contributed by atoms with Crippen molar-refractivity contribution in [2.24, 2.45) is 0 Å². The number of benzene rings is 2. The van der Waals surface area contributed by atoms with E-state index in [4.69, 9.17) is 5.11 Å².